The molecular weight excluding hydrogens is 188 g/mol. The zero-order chi connectivity index (χ0) is 10.3. The molecule has 3 atom stereocenters. The first-order chi connectivity index (χ1) is 7.36. The maximum atomic E-state index is 12.2. The van der Waals surface area contributed by atoms with Crippen molar-refractivity contribution in [1.29, 1.82) is 0 Å². The summed E-state index contributed by atoms with van der Waals surface area (Å²) in [6.07, 6.45) is 11.7. The van der Waals surface area contributed by atoms with Crippen LogP contribution in [-0.4, -0.2) is 18.0 Å². The molecule has 1 saturated carbocycles. The second-order valence-electron chi connectivity index (χ2n) is 4.70. The average molecular weight is 204 g/mol. The van der Waals surface area contributed by atoms with E-state index in [4.69, 9.17) is 4.74 Å². The van der Waals surface area contributed by atoms with Crippen molar-refractivity contribution in [1.82, 2.24) is 0 Å². The Morgan fingerprint density at radius 3 is 3.07 bits per heavy atom. The zero-order valence-corrected chi connectivity index (χ0v) is 8.82. The van der Waals surface area contributed by atoms with E-state index in [1.807, 2.05) is 12.2 Å². The van der Waals surface area contributed by atoms with E-state index in [0.29, 0.717) is 5.78 Å². The molecule has 3 aliphatic rings. The van der Waals surface area contributed by atoms with Crippen LogP contribution in [0.2, 0.25) is 0 Å². The molecule has 0 amide bonds. The molecule has 3 unspecified atom stereocenters. The van der Waals surface area contributed by atoms with Crippen molar-refractivity contribution in [3.8, 4) is 0 Å². The first-order valence-corrected chi connectivity index (χ1v) is 5.92. The molecule has 15 heavy (non-hydrogen) atoms. The van der Waals surface area contributed by atoms with Crippen molar-refractivity contribution in [3.63, 3.8) is 0 Å². The number of hydrogen-bond donors (Lipinski definition) is 0. The lowest BCUT2D eigenvalue weighted by atomic mass is 9.76. The Labute approximate surface area is 90.0 Å². The number of ether oxygens (including phenoxy) is 1. The molecule has 0 spiro atoms. The van der Waals surface area contributed by atoms with E-state index in [1.165, 1.54) is 12.8 Å². The van der Waals surface area contributed by atoms with E-state index in [0.717, 1.165) is 24.8 Å². The number of hydrogen-bond acceptors (Lipinski definition) is 2. The lowest BCUT2D eigenvalue weighted by Crippen LogP contribution is -2.45. The molecule has 3 rings (SSSR count). The molecule has 0 aromatic heterocycles. The van der Waals surface area contributed by atoms with Gasteiger partial charge in [0.25, 0.3) is 0 Å². The van der Waals surface area contributed by atoms with Crippen molar-refractivity contribution in [3.05, 3.63) is 23.8 Å². The highest BCUT2D eigenvalue weighted by molar-refractivity contribution is 5.99. The normalized spacial score (nSPS) is 39.3. The van der Waals surface area contributed by atoms with Gasteiger partial charge in [0, 0.05) is 11.5 Å². The van der Waals surface area contributed by atoms with Crippen LogP contribution in [-0.2, 0) is 9.53 Å². The van der Waals surface area contributed by atoms with E-state index >= 15 is 0 Å². The lowest BCUT2D eigenvalue weighted by Gasteiger charge is -2.40. The highest BCUT2D eigenvalue weighted by Gasteiger charge is 2.41. The monoisotopic (exact) mass is 204 g/mol. The van der Waals surface area contributed by atoms with Gasteiger partial charge in [-0.3, -0.25) is 4.79 Å². The summed E-state index contributed by atoms with van der Waals surface area (Å²) in [6, 6.07) is 0. The van der Waals surface area contributed by atoms with E-state index < -0.39 is 0 Å². The molecule has 2 heteroatoms. The fourth-order valence-electron chi connectivity index (χ4n) is 2.96. The van der Waals surface area contributed by atoms with Gasteiger partial charge in [0.15, 0.2) is 5.78 Å². The third-order valence-electron chi connectivity index (χ3n) is 3.77. The van der Waals surface area contributed by atoms with Crippen LogP contribution in [0.4, 0.5) is 0 Å². The molecule has 0 N–H and O–H groups in total. The fourth-order valence-corrected chi connectivity index (χ4v) is 2.96. The first kappa shape index (κ1) is 9.34. The minimum atomic E-state index is 0.0573. The third kappa shape index (κ3) is 1.48. The number of allylic oxidation sites excluding steroid dienone is 2. The van der Waals surface area contributed by atoms with Crippen molar-refractivity contribution < 1.29 is 9.53 Å². The molecule has 1 saturated heterocycles. The molecule has 2 nitrogen and oxygen atoms in total. The van der Waals surface area contributed by atoms with Crippen molar-refractivity contribution in [2.24, 2.45) is 5.92 Å². The molecule has 1 heterocycles. The van der Waals surface area contributed by atoms with E-state index in [1.54, 1.807) is 0 Å². The molecule has 80 valence electrons. The van der Waals surface area contributed by atoms with Crippen molar-refractivity contribution in [2.75, 3.05) is 0 Å². The Morgan fingerprint density at radius 1 is 1.27 bits per heavy atom. The summed E-state index contributed by atoms with van der Waals surface area (Å²) in [4.78, 5) is 12.2. The maximum absolute atomic E-state index is 12.2. The molecule has 1 aliphatic heterocycles. The van der Waals surface area contributed by atoms with Crippen LogP contribution in [0.1, 0.15) is 32.1 Å². The van der Waals surface area contributed by atoms with Gasteiger partial charge in [-0.25, -0.2) is 0 Å². The quantitative estimate of drug-likeness (QED) is 0.605. The molecule has 0 bridgehead atoms. The van der Waals surface area contributed by atoms with Crippen LogP contribution in [0, 0.1) is 5.92 Å². The third-order valence-corrected chi connectivity index (χ3v) is 3.77. The zero-order valence-electron chi connectivity index (χ0n) is 8.82. The summed E-state index contributed by atoms with van der Waals surface area (Å²) in [5.74, 6) is 0.521. The van der Waals surface area contributed by atoms with Gasteiger partial charge in [0.1, 0.15) is 0 Å². The van der Waals surface area contributed by atoms with Crippen molar-refractivity contribution in [2.45, 2.75) is 44.3 Å². The van der Waals surface area contributed by atoms with Gasteiger partial charge in [-0.15, -0.1) is 0 Å². The molecule has 2 fully saturated rings. The second-order valence-corrected chi connectivity index (χ2v) is 4.70. The molecular formula is C13H16O2. The van der Waals surface area contributed by atoms with Gasteiger partial charge in [0.05, 0.1) is 12.2 Å². The van der Waals surface area contributed by atoms with Crippen LogP contribution in [0.3, 0.4) is 0 Å². The Hall–Kier alpha value is -0.890. The summed E-state index contributed by atoms with van der Waals surface area (Å²) in [5.41, 5.74) is 0.917. The largest absolute Gasteiger partial charge is 0.369 e. The topological polar surface area (TPSA) is 26.3 Å². The van der Waals surface area contributed by atoms with E-state index in [9.17, 15) is 4.79 Å². The van der Waals surface area contributed by atoms with Gasteiger partial charge >= 0.3 is 0 Å². The Bertz CT molecular complexity index is 340. The number of Topliss-reactive ketones (excluding diaryl/α,β-unsaturated/α-hetero) is 1. The first-order valence-electron chi connectivity index (χ1n) is 5.92. The number of rotatable bonds is 0. The van der Waals surface area contributed by atoms with E-state index in [-0.39, 0.29) is 18.1 Å². The number of ketones is 1. The van der Waals surface area contributed by atoms with Gasteiger partial charge in [0.2, 0.25) is 0 Å². The van der Waals surface area contributed by atoms with Crippen LogP contribution in [0.15, 0.2) is 23.8 Å². The van der Waals surface area contributed by atoms with E-state index in [2.05, 4.69) is 6.08 Å². The summed E-state index contributed by atoms with van der Waals surface area (Å²) in [6.45, 7) is 0. The van der Waals surface area contributed by atoms with Crippen LogP contribution in [0.25, 0.3) is 0 Å². The Balaban J connectivity index is 1.90. The number of fused-ring (bicyclic) bond motifs is 2. The number of carbonyl (C=O) groups is 1. The highest BCUT2D eigenvalue weighted by atomic mass is 16.5. The SMILES string of the molecule is O=C1C2=CC=CCC2OC2CCCCC12. The van der Waals surface area contributed by atoms with Crippen LogP contribution >= 0.6 is 0 Å². The average Bonchev–Trinajstić information content (AvgIpc) is 2.30. The van der Waals surface area contributed by atoms with Gasteiger partial charge in [-0.05, 0) is 19.3 Å². The molecule has 0 aromatic carbocycles. The molecule has 0 radical (unpaired) electrons. The molecule has 0 aromatic rings. The summed E-state index contributed by atoms with van der Waals surface area (Å²) >= 11 is 0. The summed E-state index contributed by atoms with van der Waals surface area (Å²) in [7, 11) is 0. The van der Waals surface area contributed by atoms with Gasteiger partial charge in [-0.2, -0.15) is 0 Å². The second kappa shape index (κ2) is 3.60. The Kier molecular flexibility index (Phi) is 2.24. The van der Waals surface area contributed by atoms with Gasteiger partial charge < -0.3 is 4.74 Å². The summed E-state index contributed by atoms with van der Waals surface area (Å²) < 4.78 is 6.02. The van der Waals surface area contributed by atoms with Crippen LogP contribution in [0.5, 0.6) is 0 Å². The standard InChI is InChI=1S/C13H16O2/c14-13-9-5-1-3-7-11(9)15-12-8-4-2-6-10(12)13/h1,3,5,10-12H,2,4,6-8H2. The maximum Gasteiger partial charge on any atom is 0.167 e. The summed E-state index contributed by atoms with van der Waals surface area (Å²) in [5, 5.41) is 0. The Morgan fingerprint density at radius 2 is 2.13 bits per heavy atom. The highest BCUT2D eigenvalue weighted by Crippen LogP contribution is 2.37. The molecule has 2 aliphatic carbocycles. The predicted molar refractivity (Wildman–Crippen MR) is 57.5 cm³/mol. The predicted octanol–water partition coefficient (Wildman–Crippen LogP) is 2.40. The minimum Gasteiger partial charge on any atom is -0.369 e. The fraction of sp³-hybridized carbons (Fsp3) is 0.615. The number of carbonyl (C=O) groups excluding carboxylic acids is 1. The van der Waals surface area contributed by atoms with Crippen LogP contribution < -0.4 is 0 Å². The lowest BCUT2D eigenvalue weighted by molar-refractivity contribution is -0.139. The minimum absolute atomic E-state index is 0.0573. The van der Waals surface area contributed by atoms with Crippen molar-refractivity contribution >= 4 is 5.78 Å². The van der Waals surface area contributed by atoms with Gasteiger partial charge in [-0.1, -0.05) is 31.1 Å². The smallest absolute Gasteiger partial charge is 0.167 e.